The molecule has 0 fully saturated rings. The molecule has 0 saturated heterocycles. The van der Waals surface area contributed by atoms with Crippen molar-refractivity contribution < 1.29 is 8.42 Å². The summed E-state index contributed by atoms with van der Waals surface area (Å²) in [7, 11) is 1.54. The Morgan fingerprint density at radius 1 is 1.69 bits per heavy atom. The fraction of sp³-hybridized carbons (Fsp3) is 0.571. The first-order chi connectivity index (χ1) is 5.96. The van der Waals surface area contributed by atoms with Gasteiger partial charge in [-0.15, -0.1) is 0 Å². The van der Waals surface area contributed by atoms with E-state index in [1.54, 1.807) is 0 Å². The number of halogens is 1. The molecule has 4 nitrogen and oxygen atoms in total. The molecule has 0 aliphatic rings. The summed E-state index contributed by atoms with van der Waals surface area (Å²) in [5, 5.41) is 3.97. The molecular formula is C7H11ClN2O2S. The van der Waals surface area contributed by atoms with Crippen molar-refractivity contribution >= 4 is 19.7 Å². The van der Waals surface area contributed by atoms with Crippen molar-refractivity contribution in [1.82, 2.24) is 9.78 Å². The highest BCUT2D eigenvalue weighted by Gasteiger charge is 2.18. The van der Waals surface area contributed by atoms with Gasteiger partial charge in [0.15, 0.2) is 5.03 Å². The molecule has 0 amide bonds. The number of hydrogen-bond donors (Lipinski definition) is 0. The minimum absolute atomic E-state index is 0.0403. The third-order valence-corrected chi connectivity index (χ3v) is 3.19. The lowest BCUT2D eigenvalue weighted by Crippen LogP contribution is -2.11. The lowest BCUT2D eigenvalue weighted by molar-refractivity contribution is 0.438. The maximum atomic E-state index is 11.0. The highest BCUT2D eigenvalue weighted by molar-refractivity contribution is 8.13. The first kappa shape index (κ1) is 10.5. The van der Waals surface area contributed by atoms with Crippen molar-refractivity contribution in [2.24, 2.45) is 0 Å². The Bertz CT molecular complexity index is 385. The van der Waals surface area contributed by atoms with Crippen LogP contribution in [-0.4, -0.2) is 18.2 Å². The van der Waals surface area contributed by atoms with Crippen molar-refractivity contribution in [2.75, 3.05) is 0 Å². The van der Waals surface area contributed by atoms with E-state index in [1.165, 1.54) is 16.9 Å². The molecule has 1 heterocycles. The van der Waals surface area contributed by atoms with Crippen molar-refractivity contribution in [3.63, 3.8) is 0 Å². The van der Waals surface area contributed by atoms with Crippen LogP contribution in [0.25, 0.3) is 0 Å². The Morgan fingerprint density at radius 3 is 2.77 bits per heavy atom. The molecule has 1 aromatic rings. The third-order valence-electron chi connectivity index (χ3n) is 1.89. The summed E-state index contributed by atoms with van der Waals surface area (Å²) in [6, 6.07) is 1.44. The van der Waals surface area contributed by atoms with Crippen molar-refractivity contribution in [1.29, 1.82) is 0 Å². The molecule has 1 aromatic heterocycles. The van der Waals surface area contributed by atoms with Gasteiger partial charge >= 0.3 is 0 Å². The first-order valence-electron chi connectivity index (χ1n) is 3.95. The minimum atomic E-state index is -3.67. The molecule has 0 saturated carbocycles. The van der Waals surface area contributed by atoms with Crippen LogP contribution in [0, 0.1) is 0 Å². The molecule has 13 heavy (non-hydrogen) atoms. The summed E-state index contributed by atoms with van der Waals surface area (Å²) in [6.45, 7) is 3.84. The molecule has 0 bridgehead atoms. The standard InChI is InChI=1S/C7H11ClN2O2S/c1-3-6(2)10-7(4-5-9-10)13(8,11)12/h4-6H,3H2,1-2H3. The fourth-order valence-corrected chi connectivity index (χ4v) is 2.04. The van der Waals surface area contributed by atoms with Crippen LogP contribution in [0.4, 0.5) is 0 Å². The Balaban J connectivity index is 3.18. The van der Waals surface area contributed by atoms with E-state index in [1.807, 2.05) is 13.8 Å². The van der Waals surface area contributed by atoms with Crippen LogP contribution in [0.5, 0.6) is 0 Å². The van der Waals surface area contributed by atoms with Gasteiger partial charge in [-0.2, -0.15) is 5.10 Å². The Kier molecular flexibility index (Phi) is 2.98. The van der Waals surface area contributed by atoms with E-state index in [0.29, 0.717) is 0 Å². The molecule has 0 spiro atoms. The van der Waals surface area contributed by atoms with Gasteiger partial charge in [0.25, 0.3) is 9.05 Å². The minimum Gasteiger partial charge on any atom is -0.250 e. The monoisotopic (exact) mass is 222 g/mol. The van der Waals surface area contributed by atoms with Gasteiger partial charge in [-0.05, 0) is 19.4 Å². The topological polar surface area (TPSA) is 52.0 Å². The summed E-state index contributed by atoms with van der Waals surface area (Å²) in [4.78, 5) is 0. The first-order valence-corrected chi connectivity index (χ1v) is 6.26. The molecule has 6 heteroatoms. The number of hydrogen-bond acceptors (Lipinski definition) is 3. The molecule has 74 valence electrons. The van der Waals surface area contributed by atoms with Gasteiger partial charge in [-0.1, -0.05) is 6.92 Å². The van der Waals surface area contributed by atoms with Gasteiger partial charge in [-0.25, -0.2) is 8.42 Å². The van der Waals surface area contributed by atoms with E-state index in [9.17, 15) is 8.42 Å². The van der Waals surface area contributed by atoms with Crippen LogP contribution in [0.3, 0.4) is 0 Å². The van der Waals surface area contributed by atoms with Gasteiger partial charge in [-0.3, -0.25) is 4.68 Å². The second-order valence-corrected chi connectivity index (χ2v) is 5.32. The predicted octanol–water partition coefficient (Wildman–Crippen LogP) is 1.78. The molecule has 0 aliphatic heterocycles. The van der Waals surface area contributed by atoms with Crippen LogP contribution in [0.1, 0.15) is 26.3 Å². The number of aromatic nitrogens is 2. The summed E-state index contributed by atoms with van der Waals surface area (Å²) in [6.07, 6.45) is 2.24. The predicted molar refractivity (Wildman–Crippen MR) is 50.3 cm³/mol. The summed E-state index contributed by atoms with van der Waals surface area (Å²) < 4.78 is 23.5. The Hall–Kier alpha value is -0.550. The normalized spacial score (nSPS) is 14.4. The highest BCUT2D eigenvalue weighted by atomic mass is 35.7. The summed E-state index contributed by atoms with van der Waals surface area (Å²) in [5.74, 6) is 0. The van der Waals surface area contributed by atoms with Gasteiger partial charge < -0.3 is 0 Å². The van der Waals surface area contributed by atoms with Gasteiger partial charge in [0.1, 0.15) is 0 Å². The van der Waals surface area contributed by atoms with Crippen LogP contribution < -0.4 is 0 Å². The zero-order chi connectivity index (χ0) is 10.1. The van der Waals surface area contributed by atoms with E-state index in [4.69, 9.17) is 10.7 Å². The lowest BCUT2D eigenvalue weighted by atomic mass is 10.3. The zero-order valence-corrected chi connectivity index (χ0v) is 9.01. The molecule has 1 rings (SSSR count). The Labute approximate surface area is 81.9 Å². The average molecular weight is 223 g/mol. The van der Waals surface area contributed by atoms with E-state index in [0.717, 1.165) is 6.42 Å². The highest BCUT2D eigenvalue weighted by Crippen LogP contribution is 2.19. The SMILES string of the molecule is CCC(C)n1nccc1S(=O)(=O)Cl. The van der Waals surface area contributed by atoms with Crippen molar-refractivity contribution in [2.45, 2.75) is 31.3 Å². The summed E-state index contributed by atoms with van der Waals surface area (Å²) >= 11 is 0. The number of nitrogens with zero attached hydrogens (tertiary/aromatic N) is 2. The smallest absolute Gasteiger partial charge is 0.250 e. The van der Waals surface area contributed by atoms with E-state index >= 15 is 0 Å². The zero-order valence-electron chi connectivity index (χ0n) is 7.44. The Morgan fingerprint density at radius 2 is 2.31 bits per heavy atom. The largest absolute Gasteiger partial charge is 0.278 e. The second-order valence-electron chi connectivity index (χ2n) is 2.81. The van der Waals surface area contributed by atoms with Crippen LogP contribution in [0.15, 0.2) is 17.3 Å². The van der Waals surface area contributed by atoms with Crippen LogP contribution >= 0.6 is 10.7 Å². The summed E-state index contributed by atoms with van der Waals surface area (Å²) in [5.41, 5.74) is 0. The van der Waals surface area contributed by atoms with Gasteiger partial charge in [0.05, 0.1) is 12.2 Å². The maximum absolute atomic E-state index is 11.0. The van der Waals surface area contributed by atoms with Gasteiger partial charge in [0, 0.05) is 10.7 Å². The molecule has 0 radical (unpaired) electrons. The van der Waals surface area contributed by atoms with Crippen LogP contribution in [-0.2, 0) is 9.05 Å². The molecule has 0 N–H and O–H groups in total. The van der Waals surface area contributed by atoms with Crippen LogP contribution in [0.2, 0.25) is 0 Å². The van der Waals surface area contributed by atoms with Crippen molar-refractivity contribution in [3.05, 3.63) is 12.3 Å². The van der Waals surface area contributed by atoms with E-state index in [2.05, 4.69) is 5.10 Å². The average Bonchev–Trinajstić information content (AvgIpc) is 2.49. The molecule has 1 atom stereocenters. The van der Waals surface area contributed by atoms with Crippen molar-refractivity contribution in [3.8, 4) is 0 Å². The molecule has 0 aliphatic carbocycles. The van der Waals surface area contributed by atoms with E-state index < -0.39 is 9.05 Å². The molecular weight excluding hydrogens is 212 g/mol. The lowest BCUT2D eigenvalue weighted by Gasteiger charge is -2.11. The van der Waals surface area contributed by atoms with Gasteiger partial charge in [0.2, 0.25) is 0 Å². The quantitative estimate of drug-likeness (QED) is 0.733. The maximum Gasteiger partial charge on any atom is 0.278 e. The number of rotatable bonds is 3. The van der Waals surface area contributed by atoms with E-state index in [-0.39, 0.29) is 11.1 Å². The third kappa shape index (κ3) is 2.22. The molecule has 0 aromatic carbocycles. The second kappa shape index (κ2) is 3.67. The fourth-order valence-electron chi connectivity index (χ4n) is 0.999. The molecule has 1 unspecified atom stereocenters.